The summed E-state index contributed by atoms with van der Waals surface area (Å²) in [7, 11) is 0. The van der Waals surface area contributed by atoms with Crippen LogP contribution in [0, 0.1) is 13.8 Å². The maximum Gasteiger partial charge on any atom is 0.141 e. The van der Waals surface area contributed by atoms with Crippen molar-refractivity contribution in [2.45, 2.75) is 26.8 Å². The minimum Gasteiger partial charge on any atom is -0.493 e. The second kappa shape index (κ2) is 8.19. The van der Waals surface area contributed by atoms with Gasteiger partial charge in [-0.15, -0.1) is 0 Å². The molecule has 142 valence electrons. The van der Waals surface area contributed by atoms with Gasteiger partial charge in [0.05, 0.1) is 17.6 Å². The highest BCUT2D eigenvalue weighted by Crippen LogP contribution is 2.27. The van der Waals surface area contributed by atoms with Crippen LogP contribution >= 0.6 is 15.9 Å². The predicted molar refractivity (Wildman–Crippen MR) is 119 cm³/mol. The molecule has 4 heteroatoms. The number of halogens is 1. The van der Waals surface area contributed by atoms with Crippen LogP contribution in [0.15, 0.2) is 71.2 Å². The quantitative estimate of drug-likeness (QED) is 0.321. The van der Waals surface area contributed by atoms with Gasteiger partial charge in [-0.1, -0.05) is 58.4 Å². The van der Waals surface area contributed by atoms with E-state index < -0.39 is 0 Å². The molecule has 0 atom stereocenters. The highest BCUT2D eigenvalue weighted by molar-refractivity contribution is 9.10. The van der Waals surface area contributed by atoms with Crippen LogP contribution in [-0.2, 0) is 6.54 Å². The first-order valence-corrected chi connectivity index (χ1v) is 10.3. The number of imidazole rings is 1. The van der Waals surface area contributed by atoms with E-state index in [0.717, 1.165) is 45.6 Å². The van der Waals surface area contributed by atoms with Crippen LogP contribution in [0.2, 0.25) is 0 Å². The monoisotopic (exact) mass is 434 g/mol. The normalized spacial score (nSPS) is 11.1. The van der Waals surface area contributed by atoms with Gasteiger partial charge in [0.25, 0.3) is 0 Å². The molecule has 0 unspecified atom stereocenters. The molecule has 1 aromatic heterocycles. The van der Waals surface area contributed by atoms with Crippen molar-refractivity contribution >= 4 is 27.0 Å². The Morgan fingerprint density at radius 3 is 2.36 bits per heavy atom. The lowest BCUT2D eigenvalue weighted by atomic mass is 10.1. The summed E-state index contributed by atoms with van der Waals surface area (Å²) in [5.74, 6) is 2.01. The first-order chi connectivity index (χ1) is 13.6. The molecule has 0 radical (unpaired) electrons. The average molecular weight is 435 g/mol. The number of benzene rings is 3. The van der Waals surface area contributed by atoms with E-state index in [4.69, 9.17) is 9.72 Å². The first-order valence-electron chi connectivity index (χ1n) is 9.54. The number of hydrogen-bond donors (Lipinski definition) is 0. The number of fused-ring (bicyclic) bond motifs is 1. The Morgan fingerprint density at radius 2 is 1.61 bits per heavy atom. The fourth-order valence-electron chi connectivity index (χ4n) is 3.54. The summed E-state index contributed by atoms with van der Waals surface area (Å²) in [4.78, 5) is 4.88. The van der Waals surface area contributed by atoms with Crippen molar-refractivity contribution in [3.63, 3.8) is 0 Å². The lowest BCUT2D eigenvalue weighted by Crippen LogP contribution is -2.07. The van der Waals surface area contributed by atoms with Crippen LogP contribution < -0.4 is 4.74 Å². The molecule has 0 spiro atoms. The Labute approximate surface area is 174 Å². The summed E-state index contributed by atoms with van der Waals surface area (Å²) in [6, 6.07) is 22.9. The van der Waals surface area contributed by atoms with Crippen LogP contribution in [-0.4, -0.2) is 16.2 Å². The average Bonchev–Trinajstić information content (AvgIpc) is 3.06. The minimum atomic E-state index is 0.679. The number of aryl methyl sites for hydroxylation is 3. The number of ether oxygens (including phenoxy) is 1. The smallest absolute Gasteiger partial charge is 0.141 e. The molecule has 0 saturated heterocycles. The highest BCUT2D eigenvalue weighted by atomic mass is 79.9. The molecule has 0 amide bonds. The maximum atomic E-state index is 6.10. The first kappa shape index (κ1) is 18.8. The van der Waals surface area contributed by atoms with Gasteiger partial charge in [-0.2, -0.15) is 0 Å². The Hall–Kier alpha value is -2.59. The molecule has 0 aliphatic heterocycles. The molecular weight excluding hydrogens is 412 g/mol. The molecule has 0 N–H and O–H groups in total. The summed E-state index contributed by atoms with van der Waals surface area (Å²) in [6.07, 6.45) is 0.914. The molecule has 3 aromatic carbocycles. The van der Waals surface area contributed by atoms with Crippen LogP contribution in [0.4, 0.5) is 0 Å². The molecule has 0 aliphatic rings. The van der Waals surface area contributed by atoms with Crippen LogP contribution in [0.5, 0.6) is 5.75 Å². The van der Waals surface area contributed by atoms with E-state index in [1.54, 1.807) is 0 Å². The summed E-state index contributed by atoms with van der Waals surface area (Å²) in [6.45, 7) is 5.73. The van der Waals surface area contributed by atoms with Gasteiger partial charge in [0.1, 0.15) is 11.6 Å². The van der Waals surface area contributed by atoms with E-state index in [0.29, 0.717) is 6.61 Å². The summed E-state index contributed by atoms with van der Waals surface area (Å²) in [5, 5.41) is 0. The van der Waals surface area contributed by atoms with Crippen molar-refractivity contribution in [2.24, 2.45) is 0 Å². The number of rotatable bonds is 6. The zero-order chi connectivity index (χ0) is 19.5. The minimum absolute atomic E-state index is 0.679. The van der Waals surface area contributed by atoms with Crippen LogP contribution in [0.25, 0.3) is 22.4 Å². The Kier molecular flexibility index (Phi) is 5.49. The van der Waals surface area contributed by atoms with E-state index >= 15 is 0 Å². The number of nitrogens with zero attached hydrogens (tertiary/aromatic N) is 2. The van der Waals surface area contributed by atoms with E-state index in [2.05, 4.69) is 95.0 Å². The Morgan fingerprint density at radius 1 is 0.893 bits per heavy atom. The van der Waals surface area contributed by atoms with E-state index in [1.165, 1.54) is 11.1 Å². The molecule has 1 heterocycles. The van der Waals surface area contributed by atoms with E-state index in [9.17, 15) is 0 Å². The van der Waals surface area contributed by atoms with Gasteiger partial charge in [0, 0.05) is 16.6 Å². The second-order valence-corrected chi connectivity index (χ2v) is 7.92. The van der Waals surface area contributed by atoms with Crippen molar-refractivity contribution in [2.75, 3.05) is 6.61 Å². The third kappa shape index (κ3) is 3.83. The van der Waals surface area contributed by atoms with Gasteiger partial charge in [-0.05, 0) is 55.7 Å². The SMILES string of the molecule is Cc1cccc(C)c1OCCCn1c(-c2ccc(Br)cc2)nc2ccccc21. The maximum absolute atomic E-state index is 6.10. The van der Waals surface area contributed by atoms with Crippen molar-refractivity contribution in [3.8, 4) is 17.1 Å². The zero-order valence-corrected chi connectivity index (χ0v) is 17.7. The van der Waals surface area contributed by atoms with Gasteiger partial charge >= 0.3 is 0 Å². The van der Waals surface area contributed by atoms with Gasteiger partial charge in [-0.3, -0.25) is 0 Å². The topological polar surface area (TPSA) is 27.1 Å². The molecular formula is C24H23BrN2O. The molecule has 4 rings (SSSR count). The van der Waals surface area contributed by atoms with Crippen molar-refractivity contribution in [3.05, 3.63) is 82.3 Å². The number of hydrogen-bond acceptors (Lipinski definition) is 2. The van der Waals surface area contributed by atoms with Crippen LogP contribution in [0.1, 0.15) is 17.5 Å². The number of para-hydroxylation sites is 3. The predicted octanol–water partition coefficient (Wildman–Crippen LogP) is 6.55. The fourth-order valence-corrected chi connectivity index (χ4v) is 3.81. The highest BCUT2D eigenvalue weighted by Gasteiger charge is 2.12. The molecule has 0 aliphatic carbocycles. The van der Waals surface area contributed by atoms with Gasteiger partial charge in [-0.25, -0.2) is 4.98 Å². The van der Waals surface area contributed by atoms with Crippen molar-refractivity contribution < 1.29 is 4.74 Å². The summed E-state index contributed by atoms with van der Waals surface area (Å²) >= 11 is 3.51. The fraction of sp³-hybridized carbons (Fsp3) is 0.208. The van der Waals surface area contributed by atoms with Crippen LogP contribution in [0.3, 0.4) is 0 Å². The Bertz CT molecular complexity index is 1080. The molecule has 4 aromatic rings. The molecule has 0 saturated carbocycles. The third-order valence-electron chi connectivity index (χ3n) is 4.94. The van der Waals surface area contributed by atoms with E-state index in [-0.39, 0.29) is 0 Å². The van der Waals surface area contributed by atoms with Crippen molar-refractivity contribution in [1.29, 1.82) is 0 Å². The molecule has 0 bridgehead atoms. The van der Waals surface area contributed by atoms with E-state index in [1.807, 2.05) is 6.07 Å². The summed E-state index contributed by atoms with van der Waals surface area (Å²) < 4.78 is 9.47. The largest absolute Gasteiger partial charge is 0.493 e. The zero-order valence-electron chi connectivity index (χ0n) is 16.2. The second-order valence-electron chi connectivity index (χ2n) is 7.01. The van der Waals surface area contributed by atoms with Gasteiger partial charge in [0.2, 0.25) is 0 Å². The number of aromatic nitrogens is 2. The molecule has 0 fully saturated rings. The standard InChI is InChI=1S/C24H23BrN2O/c1-17-7-5-8-18(2)23(17)28-16-6-15-27-22-10-4-3-9-21(22)26-24(27)19-11-13-20(25)14-12-19/h3-5,7-14H,6,15-16H2,1-2H3. The lowest BCUT2D eigenvalue weighted by Gasteiger charge is -2.13. The molecule has 28 heavy (non-hydrogen) atoms. The lowest BCUT2D eigenvalue weighted by molar-refractivity contribution is 0.299. The third-order valence-corrected chi connectivity index (χ3v) is 5.47. The Balaban J connectivity index is 1.56. The van der Waals surface area contributed by atoms with Gasteiger partial charge in [0.15, 0.2) is 0 Å². The van der Waals surface area contributed by atoms with Gasteiger partial charge < -0.3 is 9.30 Å². The summed E-state index contributed by atoms with van der Waals surface area (Å²) in [5.41, 5.74) is 5.67. The molecule has 3 nitrogen and oxygen atoms in total. The van der Waals surface area contributed by atoms with Crippen molar-refractivity contribution in [1.82, 2.24) is 9.55 Å².